The van der Waals surface area contributed by atoms with Gasteiger partial charge in [0.25, 0.3) is 0 Å². The van der Waals surface area contributed by atoms with Gasteiger partial charge in [-0.2, -0.15) is 4.31 Å². The number of piperidine rings is 1. The highest BCUT2D eigenvalue weighted by molar-refractivity contribution is 7.89. The van der Waals surface area contributed by atoms with Crippen molar-refractivity contribution in [2.24, 2.45) is 13.0 Å². The second kappa shape index (κ2) is 6.26. The van der Waals surface area contributed by atoms with Crippen LogP contribution in [0.1, 0.15) is 25.7 Å². The molecule has 1 saturated carbocycles. The molecule has 1 saturated heterocycles. The van der Waals surface area contributed by atoms with E-state index in [0.717, 1.165) is 25.3 Å². The van der Waals surface area contributed by atoms with Gasteiger partial charge in [-0.15, -0.1) is 0 Å². The van der Waals surface area contributed by atoms with E-state index >= 15 is 0 Å². The van der Waals surface area contributed by atoms with E-state index in [-0.39, 0.29) is 4.90 Å². The number of hydrogen-bond donors (Lipinski definition) is 1. The number of fused-ring (bicyclic) bond motifs is 1. The highest BCUT2D eigenvalue weighted by atomic mass is 32.2. The Kier molecular flexibility index (Phi) is 4.21. The van der Waals surface area contributed by atoms with Crippen molar-refractivity contribution < 1.29 is 12.8 Å². The Labute approximate surface area is 146 Å². The van der Waals surface area contributed by atoms with Gasteiger partial charge in [0.2, 0.25) is 10.0 Å². The van der Waals surface area contributed by atoms with E-state index in [1.807, 2.05) is 0 Å². The lowest BCUT2D eigenvalue weighted by atomic mass is 10.1. The molecule has 1 aromatic carbocycles. The fourth-order valence-corrected chi connectivity index (χ4v) is 4.86. The van der Waals surface area contributed by atoms with E-state index in [4.69, 9.17) is 4.42 Å². The topological polar surface area (TPSA) is 84.5 Å². The quantitative estimate of drug-likeness (QED) is 0.863. The van der Waals surface area contributed by atoms with Crippen LogP contribution in [-0.4, -0.2) is 43.0 Å². The molecule has 1 aromatic heterocycles. The normalized spacial score (nSPS) is 20.4. The molecule has 1 aliphatic heterocycles. The first-order valence-electron chi connectivity index (χ1n) is 8.78. The maximum absolute atomic E-state index is 12.9. The van der Waals surface area contributed by atoms with Gasteiger partial charge in [-0.05, 0) is 50.3 Å². The molecule has 2 aromatic rings. The van der Waals surface area contributed by atoms with Gasteiger partial charge in [-0.1, -0.05) is 0 Å². The fraction of sp³-hybridized carbons (Fsp3) is 0.588. The van der Waals surface area contributed by atoms with Crippen LogP contribution in [0.3, 0.4) is 0 Å². The lowest BCUT2D eigenvalue weighted by molar-refractivity contribution is 0.288. The molecule has 4 rings (SSSR count). The van der Waals surface area contributed by atoms with Crippen molar-refractivity contribution in [3.05, 3.63) is 28.7 Å². The largest absolute Gasteiger partial charge is 0.419 e. The summed E-state index contributed by atoms with van der Waals surface area (Å²) in [4.78, 5) is 11.8. The molecule has 0 radical (unpaired) electrons. The Morgan fingerprint density at radius 2 is 1.92 bits per heavy atom. The Morgan fingerprint density at radius 3 is 2.60 bits per heavy atom. The van der Waals surface area contributed by atoms with E-state index in [9.17, 15) is 13.2 Å². The van der Waals surface area contributed by atoms with Crippen LogP contribution in [0, 0.1) is 5.92 Å². The number of aryl methyl sites for hydroxylation is 1. The van der Waals surface area contributed by atoms with Crippen molar-refractivity contribution in [1.82, 2.24) is 14.2 Å². The average Bonchev–Trinajstić information content (AvgIpc) is 3.39. The number of nitrogens with zero attached hydrogens (tertiary/aromatic N) is 2. The van der Waals surface area contributed by atoms with Crippen LogP contribution in [0.5, 0.6) is 0 Å². The lowest BCUT2D eigenvalue weighted by Gasteiger charge is -2.31. The molecule has 2 fully saturated rings. The Morgan fingerprint density at radius 1 is 1.20 bits per heavy atom. The number of benzene rings is 1. The third-order valence-corrected chi connectivity index (χ3v) is 7.14. The monoisotopic (exact) mass is 365 g/mol. The summed E-state index contributed by atoms with van der Waals surface area (Å²) in [5.41, 5.74) is 0.890. The summed E-state index contributed by atoms with van der Waals surface area (Å²) in [6.45, 7) is 2.09. The van der Waals surface area contributed by atoms with Crippen molar-refractivity contribution in [2.45, 2.75) is 36.6 Å². The highest BCUT2D eigenvalue weighted by Gasteiger charge is 2.30. The van der Waals surface area contributed by atoms with Gasteiger partial charge >= 0.3 is 5.76 Å². The molecule has 2 aliphatic rings. The number of hydrogen-bond acceptors (Lipinski definition) is 5. The molecule has 0 bridgehead atoms. The molecule has 7 nitrogen and oxygen atoms in total. The van der Waals surface area contributed by atoms with Crippen molar-refractivity contribution in [1.29, 1.82) is 0 Å². The highest BCUT2D eigenvalue weighted by Crippen LogP contribution is 2.28. The van der Waals surface area contributed by atoms with Crippen LogP contribution in [0.25, 0.3) is 11.1 Å². The van der Waals surface area contributed by atoms with E-state index < -0.39 is 15.8 Å². The molecule has 0 amide bonds. The van der Waals surface area contributed by atoms with Crippen LogP contribution in [0.2, 0.25) is 0 Å². The molecule has 2 heterocycles. The van der Waals surface area contributed by atoms with Crippen molar-refractivity contribution >= 4 is 21.1 Å². The van der Waals surface area contributed by atoms with Crippen molar-refractivity contribution in [2.75, 3.05) is 19.6 Å². The Hall–Kier alpha value is -1.64. The zero-order valence-electron chi connectivity index (χ0n) is 14.3. The zero-order valence-corrected chi connectivity index (χ0v) is 15.1. The second-order valence-electron chi connectivity index (χ2n) is 7.09. The molecule has 0 spiro atoms. The minimum atomic E-state index is -3.57. The van der Waals surface area contributed by atoms with E-state index in [1.165, 1.54) is 27.8 Å². The molecule has 0 unspecified atom stereocenters. The summed E-state index contributed by atoms with van der Waals surface area (Å²) in [5.74, 6) is 0.334. The average molecular weight is 365 g/mol. The Bertz CT molecular complexity index is 934. The maximum Gasteiger partial charge on any atom is 0.419 e. The van der Waals surface area contributed by atoms with Crippen LogP contribution >= 0.6 is 0 Å². The first-order valence-corrected chi connectivity index (χ1v) is 10.2. The third-order valence-electron chi connectivity index (χ3n) is 5.25. The number of oxazole rings is 1. The number of aromatic nitrogens is 1. The van der Waals surface area contributed by atoms with Gasteiger partial charge in [0, 0.05) is 32.2 Å². The van der Waals surface area contributed by atoms with Gasteiger partial charge in [0.05, 0.1) is 10.4 Å². The summed E-state index contributed by atoms with van der Waals surface area (Å²) in [6, 6.07) is 5.02. The summed E-state index contributed by atoms with van der Waals surface area (Å²) in [6.07, 6.45) is 4.29. The molecular formula is C17H23N3O4S. The smallest absolute Gasteiger partial charge is 0.408 e. The standard InChI is InChI=1S/C17H23N3O4S/c1-19-15-5-4-14(10-16(15)24-17(19)21)25(22,23)20-8-6-13(7-9-20)18-11-12-2-3-12/h4-5,10,12-13,18H,2-3,6-9,11H2,1H3. The first kappa shape index (κ1) is 16.8. The molecule has 0 atom stereocenters. The fourth-order valence-electron chi connectivity index (χ4n) is 3.38. The van der Waals surface area contributed by atoms with E-state index in [1.54, 1.807) is 19.2 Å². The van der Waals surface area contributed by atoms with Gasteiger partial charge in [-0.3, -0.25) is 4.57 Å². The maximum atomic E-state index is 12.9. The molecule has 1 aliphatic carbocycles. The van der Waals surface area contributed by atoms with E-state index in [0.29, 0.717) is 30.2 Å². The minimum Gasteiger partial charge on any atom is -0.408 e. The SMILES string of the molecule is Cn1c(=O)oc2cc(S(=O)(=O)N3CCC(NCC4CC4)CC3)ccc21. The molecule has 136 valence electrons. The molecule has 1 N–H and O–H groups in total. The first-order chi connectivity index (χ1) is 11.9. The van der Waals surface area contributed by atoms with Gasteiger partial charge in [-0.25, -0.2) is 13.2 Å². The Balaban J connectivity index is 1.48. The van der Waals surface area contributed by atoms with Crippen LogP contribution in [-0.2, 0) is 17.1 Å². The van der Waals surface area contributed by atoms with Crippen LogP contribution in [0.15, 0.2) is 32.3 Å². The summed E-state index contributed by atoms with van der Waals surface area (Å²) >= 11 is 0. The van der Waals surface area contributed by atoms with Gasteiger partial charge < -0.3 is 9.73 Å². The summed E-state index contributed by atoms with van der Waals surface area (Å²) in [5, 5.41) is 3.55. The van der Waals surface area contributed by atoms with Crippen molar-refractivity contribution in [3.8, 4) is 0 Å². The summed E-state index contributed by atoms with van der Waals surface area (Å²) in [7, 11) is -1.97. The predicted molar refractivity (Wildman–Crippen MR) is 94.0 cm³/mol. The van der Waals surface area contributed by atoms with Crippen LogP contribution < -0.4 is 11.1 Å². The lowest BCUT2D eigenvalue weighted by Crippen LogP contribution is -2.45. The van der Waals surface area contributed by atoms with Crippen molar-refractivity contribution in [3.63, 3.8) is 0 Å². The van der Waals surface area contributed by atoms with Crippen LogP contribution in [0.4, 0.5) is 0 Å². The summed E-state index contributed by atoms with van der Waals surface area (Å²) < 4.78 is 33.8. The molecule has 8 heteroatoms. The second-order valence-corrected chi connectivity index (χ2v) is 9.02. The third kappa shape index (κ3) is 3.26. The van der Waals surface area contributed by atoms with Gasteiger partial charge in [0.1, 0.15) is 0 Å². The molecular weight excluding hydrogens is 342 g/mol. The zero-order chi connectivity index (χ0) is 17.6. The predicted octanol–water partition coefficient (Wildman–Crippen LogP) is 1.28. The van der Waals surface area contributed by atoms with E-state index in [2.05, 4.69) is 5.32 Å². The number of nitrogens with one attached hydrogen (secondary N) is 1. The molecule has 25 heavy (non-hydrogen) atoms. The van der Waals surface area contributed by atoms with Gasteiger partial charge in [0.15, 0.2) is 5.58 Å². The number of sulfonamides is 1. The number of rotatable bonds is 5. The minimum absolute atomic E-state index is 0.179.